The van der Waals surface area contributed by atoms with Crippen LogP contribution in [0.15, 0.2) is 60.7 Å². The van der Waals surface area contributed by atoms with Gasteiger partial charge in [-0.25, -0.2) is 4.39 Å². The van der Waals surface area contributed by atoms with Gasteiger partial charge in [0.15, 0.2) is 11.5 Å². The summed E-state index contributed by atoms with van der Waals surface area (Å²) in [6.45, 7) is 4.12. The third-order valence-electron chi connectivity index (χ3n) is 4.76. The molecule has 3 aromatic rings. The second-order valence-electron chi connectivity index (χ2n) is 6.99. The van der Waals surface area contributed by atoms with Crippen molar-refractivity contribution < 1.29 is 18.6 Å². The number of halogens is 2. The van der Waals surface area contributed by atoms with E-state index < -0.39 is 0 Å². The van der Waals surface area contributed by atoms with Crippen LogP contribution in [0.5, 0.6) is 17.2 Å². The van der Waals surface area contributed by atoms with Crippen molar-refractivity contribution in [2.45, 2.75) is 26.5 Å². The lowest BCUT2D eigenvalue weighted by Gasteiger charge is -2.16. The van der Waals surface area contributed by atoms with Crippen LogP contribution in [-0.4, -0.2) is 20.3 Å². The molecule has 6 heteroatoms. The van der Waals surface area contributed by atoms with Crippen molar-refractivity contribution in [2.75, 3.05) is 20.3 Å². The number of hydrogen-bond acceptors (Lipinski definition) is 4. The van der Waals surface area contributed by atoms with E-state index in [9.17, 15) is 4.39 Å². The molecule has 3 rings (SSSR count). The molecule has 0 aliphatic rings. The molecule has 31 heavy (non-hydrogen) atoms. The van der Waals surface area contributed by atoms with Crippen molar-refractivity contribution in [2.24, 2.45) is 0 Å². The van der Waals surface area contributed by atoms with Gasteiger partial charge in [0, 0.05) is 6.54 Å². The lowest BCUT2D eigenvalue weighted by atomic mass is 10.1. The smallest absolute Gasteiger partial charge is 0.180 e. The Morgan fingerprint density at radius 2 is 1.71 bits per heavy atom. The van der Waals surface area contributed by atoms with Crippen molar-refractivity contribution in [3.8, 4) is 17.2 Å². The summed E-state index contributed by atoms with van der Waals surface area (Å²) in [6, 6.07) is 18.0. The topological polar surface area (TPSA) is 39.7 Å². The van der Waals surface area contributed by atoms with Crippen molar-refractivity contribution in [1.29, 1.82) is 0 Å². The zero-order valence-electron chi connectivity index (χ0n) is 17.8. The van der Waals surface area contributed by atoms with Gasteiger partial charge in [0.05, 0.1) is 18.7 Å². The molecular weight excluding hydrogens is 417 g/mol. The number of nitrogens with one attached hydrogen (secondary N) is 1. The first-order valence-corrected chi connectivity index (χ1v) is 10.6. The van der Waals surface area contributed by atoms with E-state index in [0.717, 1.165) is 35.4 Å². The summed E-state index contributed by atoms with van der Waals surface area (Å²) >= 11 is 6.50. The van der Waals surface area contributed by atoms with Gasteiger partial charge in [-0.1, -0.05) is 41.9 Å². The van der Waals surface area contributed by atoms with E-state index in [-0.39, 0.29) is 12.4 Å². The minimum Gasteiger partial charge on any atom is -0.496 e. The minimum absolute atomic E-state index is 0.274. The van der Waals surface area contributed by atoms with Crippen molar-refractivity contribution in [3.05, 3.63) is 88.2 Å². The first-order chi connectivity index (χ1) is 15.1. The van der Waals surface area contributed by atoms with E-state index in [2.05, 4.69) is 11.4 Å². The molecule has 0 spiro atoms. The number of methoxy groups -OCH3 is 1. The molecule has 0 saturated heterocycles. The fraction of sp³-hybridized carbons (Fsp3) is 0.280. The van der Waals surface area contributed by atoms with Gasteiger partial charge in [-0.05, 0) is 66.9 Å². The number of hydrogen-bond donors (Lipinski definition) is 1. The molecule has 164 valence electrons. The number of para-hydroxylation sites is 1. The average molecular weight is 444 g/mol. The Balaban J connectivity index is 1.61. The van der Waals surface area contributed by atoms with Crippen LogP contribution in [-0.2, 0) is 19.6 Å². The van der Waals surface area contributed by atoms with Gasteiger partial charge in [0.2, 0.25) is 0 Å². The number of benzene rings is 3. The van der Waals surface area contributed by atoms with Gasteiger partial charge in [0.25, 0.3) is 0 Å². The Hall–Kier alpha value is -2.76. The lowest BCUT2D eigenvalue weighted by Crippen LogP contribution is -2.17. The van der Waals surface area contributed by atoms with Crippen molar-refractivity contribution in [3.63, 3.8) is 0 Å². The second kappa shape index (κ2) is 11.6. The van der Waals surface area contributed by atoms with Crippen molar-refractivity contribution >= 4 is 11.6 Å². The summed E-state index contributed by atoms with van der Waals surface area (Å²) in [5.41, 5.74) is 3.01. The summed E-state index contributed by atoms with van der Waals surface area (Å²) in [4.78, 5) is 0. The van der Waals surface area contributed by atoms with E-state index >= 15 is 0 Å². The summed E-state index contributed by atoms with van der Waals surface area (Å²) in [5.74, 6) is 1.71. The van der Waals surface area contributed by atoms with Gasteiger partial charge in [0.1, 0.15) is 18.2 Å². The maximum absolute atomic E-state index is 13.1. The second-order valence-corrected chi connectivity index (χ2v) is 7.40. The van der Waals surface area contributed by atoms with Crippen LogP contribution in [0.2, 0.25) is 5.02 Å². The molecule has 1 N–H and O–H groups in total. The SMILES string of the molecule is CCOc1cc(CNCCc2ccccc2OC)cc(Cl)c1OCc1ccc(F)cc1. The maximum Gasteiger partial charge on any atom is 0.180 e. The number of ether oxygens (including phenoxy) is 3. The molecule has 0 atom stereocenters. The molecule has 0 fully saturated rings. The molecule has 0 bridgehead atoms. The molecule has 0 unspecified atom stereocenters. The van der Waals surface area contributed by atoms with E-state index in [1.165, 1.54) is 12.1 Å². The first-order valence-electron chi connectivity index (χ1n) is 10.3. The Morgan fingerprint density at radius 3 is 2.45 bits per heavy atom. The van der Waals surface area contributed by atoms with E-state index in [4.69, 9.17) is 25.8 Å². The van der Waals surface area contributed by atoms with Crippen LogP contribution in [0.4, 0.5) is 4.39 Å². The molecule has 0 aliphatic heterocycles. The Bertz CT molecular complexity index is 979. The summed E-state index contributed by atoms with van der Waals surface area (Å²) in [7, 11) is 1.68. The van der Waals surface area contributed by atoms with Gasteiger partial charge < -0.3 is 19.5 Å². The highest BCUT2D eigenvalue weighted by atomic mass is 35.5. The third-order valence-corrected chi connectivity index (χ3v) is 5.04. The van der Waals surface area contributed by atoms with Gasteiger partial charge >= 0.3 is 0 Å². The molecule has 0 saturated carbocycles. The summed E-state index contributed by atoms with van der Waals surface area (Å²) in [6.07, 6.45) is 0.856. The van der Waals surface area contributed by atoms with Gasteiger partial charge in [-0.3, -0.25) is 0 Å². The highest BCUT2D eigenvalue weighted by Crippen LogP contribution is 2.37. The molecule has 4 nitrogen and oxygen atoms in total. The molecule has 0 radical (unpaired) electrons. The number of rotatable bonds is 11. The fourth-order valence-electron chi connectivity index (χ4n) is 3.23. The normalized spacial score (nSPS) is 10.7. The average Bonchev–Trinajstić information content (AvgIpc) is 2.78. The summed E-state index contributed by atoms with van der Waals surface area (Å²) in [5, 5.41) is 3.92. The Morgan fingerprint density at radius 1 is 0.935 bits per heavy atom. The zero-order valence-corrected chi connectivity index (χ0v) is 18.5. The van der Waals surface area contributed by atoms with E-state index in [0.29, 0.717) is 29.7 Å². The quantitative estimate of drug-likeness (QED) is 0.380. The first kappa shape index (κ1) is 22.9. The zero-order chi connectivity index (χ0) is 22.1. The van der Waals surface area contributed by atoms with E-state index in [1.807, 2.05) is 37.3 Å². The van der Waals surface area contributed by atoms with Crippen LogP contribution in [0, 0.1) is 5.82 Å². The minimum atomic E-state index is -0.278. The predicted molar refractivity (Wildman–Crippen MR) is 122 cm³/mol. The third kappa shape index (κ3) is 6.61. The Kier molecular flexibility index (Phi) is 8.56. The van der Waals surface area contributed by atoms with Crippen molar-refractivity contribution in [1.82, 2.24) is 5.32 Å². The molecule has 0 aliphatic carbocycles. The van der Waals surface area contributed by atoms with Crippen LogP contribution in [0.3, 0.4) is 0 Å². The van der Waals surface area contributed by atoms with Gasteiger partial charge in [-0.15, -0.1) is 0 Å². The highest BCUT2D eigenvalue weighted by Gasteiger charge is 2.13. The maximum atomic E-state index is 13.1. The van der Waals surface area contributed by atoms with E-state index in [1.54, 1.807) is 19.2 Å². The van der Waals surface area contributed by atoms with Crippen LogP contribution >= 0.6 is 11.6 Å². The monoisotopic (exact) mass is 443 g/mol. The molecular formula is C25H27ClFNO3. The fourth-order valence-corrected chi connectivity index (χ4v) is 3.52. The largest absolute Gasteiger partial charge is 0.496 e. The molecule has 0 amide bonds. The summed E-state index contributed by atoms with van der Waals surface area (Å²) < 4.78 is 30.1. The standard InChI is InChI=1S/C25H27ClFNO3/c1-3-30-24-15-19(16-28-13-12-20-6-4-5-7-23(20)29-2)14-22(26)25(24)31-17-18-8-10-21(27)11-9-18/h4-11,14-15,28H,3,12-13,16-17H2,1-2H3. The predicted octanol–water partition coefficient (Wildman–Crippen LogP) is 5.80. The highest BCUT2D eigenvalue weighted by molar-refractivity contribution is 6.32. The van der Waals surface area contributed by atoms with Gasteiger partial charge in [-0.2, -0.15) is 0 Å². The van der Waals surface area contributed by atoms with Crippen LogP contribution in [0.25, 0.3) is 0 Å². The molecule has 3 aromatic carbocycles. The van der Waals surface area contributed by atoms with Crippen LogP contribution < -0.4 is 19.5 Å². The lowest BCUT2D eigenvalue weighted by molar-refractivity contribution is 0.269. The molecule has 0 aromatic heterocycles. The Labute approximate surface area is 187 Å². The van der Waals surface area contributed by atoms with Crippen LogP contribution in [0.1, 0.15) is 23.6 Å². The molecule has 0 heterocycles.